The number of amides is 1. The van der Waals surface area contributed by atoms with E-state index in [2.05, 4.69) is 25.7 Å². The minimum absolute atomic E-state index is 0.204. The molecule has 1 saturated heterocycles. The molecule has 3 unspecified atom stereocenters. The first-order chi connectivity index (χ1) is 9.93. The van der Waals surface area contributed by atoms with E-state index in [1.165, 1.54) is 19.3 Å². The van der Waals surface area contributed by atoms with E-state index in [4.69, 9.17) is 5.73 Å². The first-order valence-corrected chi connectivity index (χ1v) is 8.92. The third kappa shape index (κ3) is 4.21. The molecular weight excluding hydrogens is 260 g/mol. The number of carbonyl (C=O) groups excluding carboxylic acids is 1. The van der Waals surface area contributed by atoms with Crippen LogP contribution >= 0.6 is 0 Å². The summed E-state index contributed by atoms with van der Waals surface area (Å²) in [5, 5.41) is 0. The Bertz CT molecular complexity index is 348. The molecule has 0 aromatic heterocycles. The van der Waals surface area contributed by atoms with Crippen molar-refractivity contribution in [3.05, 3.63) is 0 Å². The standard InChI is InChI=1S/C18H34N2O/c1-18(2,3)15-8-6-11-20(12-10-15)17(21)16-9-5-4-7-14(16)13-19/h14-16H,4-13,19H2,1-3H3. The van der Waals surface area contributed by atoms with Gasteiger partial charge in [0.25, 0.3) is 0 Å². The number of carbonyl (C=O) groups is 1. The minimum atomic E-state index is 0.204. The van der Waals surface area contributed by atoms with Gasteiger partial charge < -0.3 is 10.6 Å². The highest BCUT2D eigenvalue weighted by Gasteiger charge is 2.34. The quantitative estimate of drug-likeness (QED) is 0.848. The highest BCUT2D eigenvalue weighted by molar-refractivity contribution is 5.79. The van der Waals surface area contributed by atoms with Crippen LogP contribution in [0, 0.1) is 23.2 Å². The van der Waals surface area contributed by atoms with Crippen LogP contribution in [0.15, 0.2) is 0 Å². The molecule has 1 saturated carbocycles. The maximum Gasteiger partial charge on any atom is 0.226 e. The smallest absolute Gasteiger partial charge is 0.226 e. The van der Waals surface area contributed by atoms with E-state index >= 15 is 0 Å². The van der Waals surface area contributed by atoms with Crippen LogP contribution < -0.4 is 5.73 Å². The molecule has 122 valence electrons. The zero-order valence-electron chi connectivity index (χ0n) is 14.2. The van der Waals surface area contributed by atoms with Gasteiger partial charge in [0.15, 0.2) is 0 Å². The number of nitrogens with zero attached hydrogens (tertiary/aromatic N) is 1. The summed E-state index contributed by atoms with van der Waals surface area (Å²) in [6.45, 7) is 9.59. The Balaban J connectivity index is 1.96. The maximum absolute atomic E-state index is 12.9. The van der Waals surface area contributed by atoms with Gasteiger partial charge in [-0.25, -0.2) is 0 Å². The fraction of sp³-hybridized carbons (Fsp3) is 0.944. The predicted octanol–water partition coefficient (Wildman–Crippen LogP) is 3.43. The van der Waals surface area contributed by atoms with Crippen molar-refractivity contribution in [2.24, 2.45) is 28.9 Å². The molecule has 1 heterocycles. The minimum Gasteiger partial charge on any atom is -0.342 e. The number of nitrogens with two attached hydrogens (primary N) is 1. The molecule has 2 rings (SSSR count). The van der Waals surface area contributed by atoms with Crippen LogP contribution in [0.3, 0.4) is 0 Å². The van der Waals surface area contributed by atoms with E-state index in [1.807, 2.05) is 0 Å². The van der Waals surface area contributed by atoms with Gasteiger partial charge in [0, 0.05) is 19.0 Å². The molecule has 2 fully saturated rings. The lowest BCUT2D eigenvalue weighted by atomic mass is 9.76. The van der Waals surface area contributed by atoms with Gasteiger partial charge in [-0.3, -0.25) is 4.79 Å². The monoisotopic (exact) mass is 294 g/mol. The maximum atomic E-state index is 12.9. The van der Waals surface area contributed by atoms with E-state index in [-0.39, 0.29) is 5.92 Å². The second-order valence-corrected chi connectivity index (χ2v) is 8.21. The molecule has 0 spiro atoms. The fourth-order valence-electron chi connectivity index (χ4n) is 4.23. The third-order valence-electron chi connectivity index (χ3n) is 5.79. The SMILES string of the molecule is CC(C)(C)C1CCCN(C(=O)C2CCCCC2CN)CC1. The summed E-state index contributed by atoms with van der Waals surface area (Å²) < 4.78 is 0. The zero-order chi connectivity index (χ0) is 15.5. The summed E-state index contributed by atoms with van der Waals surface area (Å²) in [5.41, 5.74) is 6.27. The zero-order valence-corrected chi connectivity index (χ0v) is 14.2. The molecule has 0 aromatic rings. The summed E-state index contributed by atoms with van der Waals surface area (Å²) >= 11 is 0. The summed E-state index contributed by atoms with van der Waals surface area (Å²) in [4.78, 5) is 15.1. The third-order valence-corrected chi connectivity index (χ3v) is 5.79. The van der Waals surface area contributed by atoms with Crippen molar-refractivity contribution in [1.82, 2.24) is 4.90 Å². The first kappa shape index (κ1) is 16.8. The Morgan fingerprint density at radius 2 is 1.76 bits per heavy atom. The van der Waals surface area contributed by atoms with Crippen LogP contribution in [-0.4, -0.2) is 30.4 Å². The molecule has 3 atom stereocenters. The lowest BCUT2D eigenvalue weighted by Crippen LogP contribution is -2.42. The van der Waals surface area contributed by atoms with Crippen molar-refractivity contribution < 1.29 is 4.79 Å². The van der Waals surface area contributed by atoms with Crippen molar-refractivity contribution in [1.29, 1.82) is 0 Å². The highest BCUT2D eigenvalue weighted by Crippen LogP contribution is 2.36. The van der Waals surface area contributed by atoms with E-state index in [0.717, 1.165) is 44.7 Å². The van der Waals surface area contributed by atoms with E-state index in [1.54, 1.807) is 0 Å². The van der Waals surface area contributed by atoms with Gasteiger partial charge in [-0.1, -0.05) is 33.6 Å². The summed E-state index contributed by atoms with van der Waals surface area (Å²) in [7, 11) is 0. The molecule has 21 heavy (non-hydrogen) atoms. The molecule has 0 aromatic carbocycles. The van der Waals surface area contributed by atoms with Gasteiger partial charge >= 0.3 is 0 Å². The summed E-state index contributed by atoms with van der Waals surface area (Å²) in [5.74, 6) is 1.77. The Labute approximate surface area is 130 Å². The molecule has 2 aliphatic rings. The van der Waals surface area contributed by atoms with Crippen LogP contribution in [0.4, 0.5) is 0 Å². The number of rotatable bonds is 2. The molecule has 3 heteroatoms. The Morgan fingerprint density at radius 3 is 2.43 bits per heavy atom. The van der Waals surface area contributed by atoms with Gasteiger partial charge in [-0.2, -0.15) is 0 Å². The van der Waals surface area contributed by atoms with Crippen LogP contribution in [0.2, 0.25) is 0 Å². The lowest BCUT2D eigenvalue weighted by molar-refractivity contribution is -0.138. The van der Waals surface area contributed by atoms with Gasteiger partial charge in [0.1, 0.15) is 0 Å². The van der Waals surface area contributed by atoms with Crippen molar-refractivity contribution in [2.75, 3.05) is 19.6 Å². The van der Waals surface area contributed by atoms with Crippen LogP contribution in [-0.2, 0) is 4.79 Å². The van der Waals surface area contributed by atoms with Crippen LogP contribution in [0.5, 0.6) is 0 Å². The summed E-state index contributed by atoms with van der Waals surface area (Å²) in [6.07, 6.45) is 8.23. The van der Waals surface area contributed by atoms with Crippen molar-refractivity contribution in [3.8, 4) is 0 Å². The molecule has 0 radical (unpaired) electrons. The van der Waals surface area contributed by atoms with E-state index in [0.29, 0.717) is 23.8 Å². The second kappa shape index (κ2) is 7.13. The molecule has 2 N–H and O–H groups in total. The van der Waals surface area contributed by atoms with Crippen LogP contribution in [0.1, 0.15) is 65.7 Å². The molecule has 3 nitrogen and oxygen atoms in total. The van der Waals surface area contributed by atoms with Crippen molar-refractivity contribution in [2.45, 2.75) is 65.7 Å². The number of hydrogen-bond acceptors (Lipinski definition) is 2. The van der Waals surface area contributed by atoms with Crippen molar-refractivity contribution >= 4 is 5.91 Å². The second-order valence-electron chi connectivity index (χ2n) is 8.21. The van der Waals surface area contributed by atoms with E-state index in [9.17, 15) is 4.79 Å². The summed E-state index contributed by atoms with van der Waals surface area (Å²) in [6, 6.07) is 0. The van der Waals surface area contributed by atoms with Gasteiger partial charge in [-0.05, 0) is 55.9 Å². The molecule has 1 amide bonds. The lowest BCUT2D eigenvalue weighted by Gasteiger charge is -2.34. The largest absolute Gasteiger partial charge is 0.342 e. The fourth-order valence-corrected chi connectivity index (χ4v) is 4.23. The average Bonchev–Trinajstić information content (AvgIpc) is 2.72. The van der Waals surface area contributed by atoms with Gasteiger partial charge in [0.05, 0.1) is 0 Å². The average molecular weight is 294 g/mol. The van der Waals surface area contributed by atoms with Gasteiger partial charge in [-0.15, -0.1) is 0 Å². The van der Waals surface area contributed by atoms with E-state index < -0.39 is 0 Å². The predicted molar refractivity (Wildman–Crippen MR) is 87.9 cm³/mol. The number of likely N-dealkylation sites (tertiary alicyclic amines) is 1. The Morgan fingerprint density at radius 1 is 1.05 bits per heavy atom. The topological polar surface area (TPSA) is 46.3 Å². The molecule has 1 aliphatic carbocycles. The molecular formula is C18H34N2O. The Hall–Kier alpha value is -0.570. The molecule has 1 aliphatic heterocycles. The van der Waals surface area contributed by atoms with Crippen LogP contribution in [0.25, 0.3) is 0 Å². The number of hydrogen-bond donors (Lipinski definition) is 1. The Kier molecular flexibility index (Phi) is 5.70. The van der Waals surface area contributed by atoms with Crippen molar-refractivity contribution in [3.63, 3.8) is 0 Å². The first-order valence-electron chi connectivity index (χ1n) is 8.92. The van der Waals surface area contributed by atoms with Gasteiger partial charge in [0.2, 0.25) is 5.91 Å². The highest BCUT2D eigenvalue weighted by atomic mass is 16.2. The normalized spacial score (nSPS) is 31.8. The molecule has 0 bridgehead atoms.